The smallest absolute Gasteiger partial charge is 0.408 e. The van der Waals surface area contributed by atoms with E-state index in [0.29, 0.717) is 0 Å². The van der Waals surface area contributed by atoms with E-state index in [9.17, 15) is 19.5 Å². The van der Waals surface area contributed by atoms with Crippen LogP contribution < -0.4 is 10.6 Å². The molecule has 0 bridgehead atoms. The van der Waals surface area contributed by atoms with Crippen LogP contribution in [0.1, 0.15) is 30.9 Å². The molecule has 0 fully saturated rings. The van der Waals surface area contributed by atoms with E-state index >= 15 is 0 Å². The van der Waals surface area contributed by atoms with Gasteiger partial charge >= 0.3 is 12.1 Å². The summed E-state index contributed by atoms with van der Waals surface area (Å²) in [6.07, 6.45) is -1.61. The number of hydrogen-bond acceptors (Lipinski definition) is 6. The maximum Gasteiger partial charge on any atom is 0.408 e. The molecule has 0 saturated heterocycles. The van der Waals surface area contributed by atoms with Gasteiger partial charge in [-0.3, -0.25) is 4.79 Å². The zero-order valence-corrected chi connectivity index (χ0v) is 19.7. The number of fused-ring (bicyclic) bond motifs is 3. The van der Waals surface area contributed by atoms with Crippen molar-refractivity contribution in [2.45, 2.75) is 37.5 Å². The van der Waals surface area contributed by atoms with Gasteiger partial charge in [-0.2, -0.15) is 0 Å². The molecule has 2 aromatic rings. The van der Waals surface area contributed by atoms with Gasteiger partial charge in [-0.15, -0.1) is 0 Å². The molecule has 2 aromatic carbocycles. The topological polar surface area (TPSA) is 123 Å². The molecule has 3 unspecified atom stereocenters. The minimum Gasteiger partial charge on any atom is -0.480 e. The molecule has 3 rings (SSSR count). The predicted molar refractivity (Wildman–Crippen MR) is 125 cm³/mol. The first kappa shape index (κ1) is 25.2. The molecule has 182 valence electrons. The predicted octanol–water partition coefficient (Wildman–Crippen LogP) is 2.53. The molecular formula is C25H30N2O7. The summed E-state index contributed by atoms with van der Waals surface area (Å²) in [4.78, 5) is 37.2. The van der Waals surface area contributed by atoms with Crippen molar-refractivity contribution in [3.05, 3.63) is 59.7 Å². The summed E-state index contributed by atoms with van der Waals surface area (Å²) in [6, 6.07) is 14.6. The van der Waals surface area contributed by atoms with Crippen LogP contribution in [0.3, 0.4) is 0 Å². The van der Waals surface area contributed by atoms with Crippen molar-refractivity contribution in [3.8, 4) is 11.1 Å². The van der Waals surface area contributed by atoms with Crippen LogP contribution in [0.15, 0.2) is 48.5 Å². The van der Waals surface area contributed by atoms with Crippen LogP contribution in [0, 0.1) is 0 Å². The van der Waals surface area contributed by atoms with Crippen LogP contribution in [0.4, 0.5) is 4.79 Å². The molecule has 3 atom stereocenters. The number of nitrogens with one attached hydrogen (secondary N) is 2. The average molecular weight is 471 g/mol. The van der Waals surface area contributed by atoms with Crippen LogP contribution in [-0.2, 0) is 23.8 Å². The summed E-state index contributed by atoms with van der Waals surface area (Å²) in [5.74, 6) is -2.14. The normalized spacial score (nSPS) is 15.9. The SMILES string of the molecule is COCC(C)(NC(=O)OCC1c2ccccc2-c2ccccc21)C(=O)NC(C(=O)O)C(C)OC. The molecule has 0 radical (unpaired) electrons. The second kappa shape index (κ2) is 10.7. The van der Waals surface area contributed by atoms with Crippen molar-refractivity contribution in [1.29, 1.82) is 0 Å². The molecule has 34 heavy (non-hydrogen) atoms. The number of benzene rings is 2. The molecule has 9 nitrogen and oxygen atoms in total. The highest BCUT2D eigenvalue weighted by atomic mass is 16.5. The first-order chi connectivity index (χ1) is 16.2. The summed E-state index contributed by atoms with van der Waals surface area (Å²) in [5.41, 5.74) is 2.75. The van der Waals surface area contributed by atoms with Crippen molar-refractivity contribution in [1.82, 2.24) is 10.6 Å². The van der Waals surface area contributed by atoms with Crippen molar-refractivity contribution in [3.63, 3.8) is 0 Å². The fourth-order valence-electron chi connectivity index (χ4n) is 4.12. The lowest BCUT2D eigenvalue weighted by atomic mass is 9.98. The van der Waals surface area contributed by atoms with Crippen LogP contribution in [0.2, 0.25) is 0 Å². The number of aliphatic carboxylic acids is 1. The van der Waals surface area contributed by atoms with E-state index in [-0.39, 0.29) is 19.1 Å². The summed E-state index contributed by atoms with van der Waals surface area (Å²) < 4.78 is 15.7. The molecular weight excluding hydrogens is 440 g/mol. The molecule has 0 aliphatic heterocycles. The van der Waals surface area contributed by atoms with Crippen molar-refractivity contribution < 1.29 is 33.7 Å². The molecule has 0 saturated carbocycles. The quantitative estimate of drug-likeness (QED) is 0.488. The van der Waals surface area contributed by atoms with E-state index in [1.807, 2.05) is 48.5 Å². The lowest BCUT2D eigenvalue weighted by molar-refractivity contribution is -0.147. The summed E-state index contributed by atoms with van der Waals surface area (Å²) >= 11 is 0. The minimum absolute atomic E-state index is 0.0724. The van der Waals surface area contributed by atoms with Crippen molar-refractivity contribution >= 4 is 18.0 Å². The van der Waals surface area contributed by atoms with Gasteiger partial charge in [-0.25, -0.2) is 9.59 Å². The van der Waals surface area contributed by atoms with Gasteiger partial charge in [-0.1, -0.05) is 48.5 Å². The molecule has 0 aromatic heterocycles. The highest BCUT2D eigenvalue weighted by Crippen LogP contribution is 2.44. The van der Waals surface area contributed by atoms with Gasteiger partial charge in [0.05, 0.1) is 12.7 Å². The van der Waals surface area contributed by atoms with Crippen molar-refractivity contribution in [2.75, 3.05) is 27.4 Å². The second-order valence-corrected chi connectivity index (χ2v) is 8.45. The number of carbonyl (C=O) groups excluding carboxylic acids is 2. The Morgan fingerprint density at radius 3 is 2.09 bits per heavy atom. The molecule has 0 spiro atoms. The highest BCUT2D eigenvalue weighted by Gasteiger charge is 2.39. The Hall–Kier alpha value is -3.43. The number of ether oxygens (including phenoxy) is 3. The van der Waals surface area contributed by atoms with Gasteiger partial charge in [0.1, 0.15) is 12.1 Å². The number of rotatable bonds is 10. The number of carboxylic acid groups (broad SMARTS) is 1. The van der Waals surface area contributed by atoms with Gasteiger partial charge < -0.3 is 30.0 Å². The Balaban J connectivity index is 1.70. The maximum atomic E-state index is 12.9. The molecule has 9 heteroatoms. The lowest BCUT2D eigenvalue weighted by Crippen LogP contribution is -2.63. The fourth-order valence-corrected chi connectivity index (χ4v) is 4.12. The average Bonchev–Trinajstić information content (AvgIpc) is 3.14. The van der Waals surface area contributed by atoms with Gasteiger partial charge in [0.25, 0.3) is 0 Å². The number of carbonyl (C=O) groups is 3. The third kappa shape index (κ3) is 5.21. The standard InChI is InChI=1S/C25H30N2O7/c1-15(33-4)21(22(28)29)26-23(30)25(2,14-32-3)27-24(31)34-13-20-18-11-7-5-9-16(18)17-10-6-8-12-19(17)20/h5-12,15,20-21H,13-14H2,1-4H3,(H,26,30)(H,27,31)(H,28,29). The Bertz CT molecular complexity index is 1010. The Labute approximate surface area is 198 Å². The molecule has 3 N–H and O–H groups in total. The summed E-state index contributed by atoms with van der Waals surface area (Å²) in [6.45, 7) is 2.83. The minimum atomic E-state index is -1.57. The number of amides is 2. The number of methoxy groups -OCH3 is 2. The van der Waals surface area contributed by atoms with E-state index in [0.717, 1.165) is 22.3 Å². The van der Waals surface area contributed by atoms with Gasteiger partial charge in [0.2, 0.25) is 5.91 Å². The first-order valence-corrected chi connectivity index (χ1v) is 10.9. The highest BCUT2D eigenvalue weighted by molar-refractivity contribution is 5.92. The molecule has 2 amide bonds. The third-order valence-electron chi connectivity index (χ3n) is 6.05. The number of alkyl carbamates (subject to hydrolysis) is 1. The van der Waals surface area contributed by atoms with Gasteiger partial charge in [0, 0.05) is 20.1 Å². The largest absolute Gasteiger partial charge is 0.480 e. The summed E-state index contributed by atoms with van der Waals surface area (Å²) in [7, 11) is 2.72. The number of carboxylic acids is 1. The molecule has 1 aliphatic rings. The Morgan fingerprint density at radius 1 is 1.03 bits per heavy atom. The fraction of sp³-hybridized carbons (Fsp3) is 0.400. The van der Waals surface area contributed by atoms with E-state index in [1.54, 1.807) is 0 Å². The van der Waals surface area contributed by atoms with Gasteiger partial charge in [-0.05, 0) is 36.1 Å². The Morgan fingerprint density at radius 2 is 1.59 bits per heavy atom. The lowest BCUT2D eigenvalue weighted by Gasteiger charge is -2.31. The van der Waals surface area contributed by atoms with E-state index < -0.39 is 35.7 Å². The van der Waals surface area contributed by atoms with Crippen LogP contribution in [0.5, 0.6) is 0 Å². The molecule has 1 aliphatic carbocycles. The van der Waals surface area contributed by atoms with Crippen LogP contribution in [0.25, 0.3) is 11.1 Å². The summed E-state index contributed by atoms with van der Waals surface area (Å²) in [5, 5.41) is 14.4. The van der Waals surface area contributed by atoms with Crippen molar-refractivity contribution in [2.24, 2.45) is 0 Å². The third-order valence-corrected chi connectivity index (χ3v) is 6.05. The molecule has 0 heterocycles. The number of hydrogen-bond donors (Lipinski definition) is 3. The Kier molecular flexibility index (Phi) is 7.90. The zero-order chi connectivity index (χ0) is 24.9. The van der Waals surface area contributed by atoms with E-state index in [4.69, 9.17) is 14.2 Å². The van der Waals surface area contributed by atoms with E-state index in [1.165, 1.54) is 28.1 Å². The monoisotopic (exact) mass is 470 g/mol. The van der Waals surface area contributed by atoms with E-state index in [2.05, 4.69) is 10.6 Å². The maximum absolute atomic E-state index is 12.9. The second-order valence-electron chi connectivity index (χ2n) is 8.45. The zero-order valence-electron chi connectivity index (χ0n) is 19.7. The first-order valence-electron chi connectivity index (χ1n) is 10.9. The van der Waals surface area contributed by atoms with Gasteiger partial charge in [0.15, 0.2) is 6.04 Å². The van der Waals surface area contributed by atoms with Crippen LogP contribution in [-0.4, -0.2) is 68.2 Å². The van der Waals surface area contributed by atoms with Crippen LogP contribution >= 0.6 is 0 Å².